The summed E-state index contributed by atoms with van der Waals surface area (Å²) in [6.07, 6.45) is -1.47. The Bertz CT molecular complexity index is 457. The number of aliphatic hydroxyl groups excluding tert-OH is 1. The summed E-state index contributed by atoms with van der Waals surface area (Å²) in [5, 5.41) is 21.4. The first kappa shape index (κ1) is 22.3. The molecule has 0 aromatic carbocycles. The first-order valence-electron chi connectivity index (χ1n) is 7.96. The van der Waals surface area contributed by atoms with Crippen LogP contribution < -0.4 is 10.8 Å². The molecule has 0 aliphatic rings. The molecule has 0 fully saturated rings. The van der Waals surface area contributed by atoms with Crippen LogP contribution >= 0.6 is 0 Å². The molecule has 0 radical (unpaired) electrons. The lowest BCUT2D eigenvalue weighted by molar-refractivity contribution is -0.148. The number of carbonyl (C=O) groups is 3. The second-order valence-corrected chi connectivity index (χ2v) is 7.70. The maximum absolute atomic E-state index is 12.6. The van der Waals surface area contributed by atoms with E-state index in [9.17, 15) is 19.5 Å². The fourth-order valence-electron chi connectivity index (χ4n) is 2.29. The van der Waals surface area contributed by atoms with E-state index >= 15 is 0 Å². The summed E-state index contributed by atoms with van der Waals surface area (Å²) in [6, 6.07) is -0.806. The second kappa shape index (κ2) is 8.98. The zero-order chi connectivity index (χ0) is 19.2. The van der Waals surface area contributed by atoms with Crippen molar-refractivity contribution in [3.63, 3.8) is 0 Å². The van der Waals surface area contributed by atoms with Gasteiger partial charge in [-0.15, -0.1) is 0 Å². The van der Waals surface area contributed by atoms with E-state index in [1.807, 2.05) is 34.6 Å². The Kier molecular flexibility index (Phi) is 8.36. The van der Waals surface area contributed by atoms with Crippen LogP contribution in [0.15, 0.2) is 0 Å². The lowest BCUT2D eigenvalue weighted by atomic mass is 9.84. The summed E-state index contributed by atoms with van der Waals surface area (Å²) >= 11 is 0. The Balaban J connectivity index is 5.46. The molecule has 3 atom stereocenters. The van der Waals surface area contributed by atoms with Crippen molar-refractivity contribution < 1.29 is 24.7 Å². The first-order valence-corrected chi connectivity index (χ1v) is 7.96. The minimum Gasteiger partial charge on any atom is -0.382 e. The molecule has 0 aliphatic carbocycles. The summed E-state index contributed by atoms with van der Waals surface area (Å²) in [5.74, 6) is -2.98. The lowest BCUT2D eigenvalue weighted by Gasteiger charge is -2.34. The number of likely N-dealkylation sites (N-methyl/N-ethyl adjacent to an activating group) is 1. The van der Waals surface area contributed by atoms with Crippen LogP contribution in [0, 0.1) is 17.3 Å². The summed E-state index contributed by atoms with van der Waals surface area (Å²) < 4.78 is 0. The molecular formula is C16H31N3O5. The molecule has 0 saturated carbocycles. The van der Waals surface area contributed by atoms with E-state index in [0.29, 0.717) is 0 Å². The first-order chi connectivity index (χ1) is 10.8. The zero-order valence-corrected chi connectivity index (χ0v) is 15.6. The van der Waals surface area contributed by atoms with Crippen molar-refractivity contribution in [1.82, 2.24) is 15.7 Å². The third-order valence-corrected chi connectivity index (χ3v) is 3.66. The summed E-state index contributed by atoms with van der Waals surface area (Å²) in [6.45, 7) is 9.13. The van der Waals surface area contributed by atoms with Gasteiger partial charge in [-0.05, 0) is 17.8 Å². The number of nitrogens with zero attached hydrogens (tertiary/aromatic N) is 1. The molecule has 0 rings (SSSR count). The van der Waals surface area contributed by atoms with Gasteiger partial charge in [0.1, 0.15) is 12.1 Å². The number of nitrogens with one attached hydrogen (secondary N) is 2. The third-order valence-electron chi connectivity index (χ3n) is 3.66. The molecule has 0 aromatic rings. The Morgan fingerprint density at radius 2 is 1.58 bits per heavy atom. The summed E-state index contributed by atoms with van der Waals surface area (Å²) in [4.78, 5) is 37.9. The fraction of sp³-hybridized carbons (Fsp3) is 0.812. The van der Waals surface area contributed by atoms with Crippen molar-refractivity contribution in [2.75, 3.05) is 14.1 Å². The molecule has 0 heterocycles. The lowest BCUT2D eigenvalue weighted by Crippen LogP contribution is -2.56. The fourth-order valence-corrected chi connectivity index (χ4v) is 2.29. The molecule has 140 valence electrons. The van der Waals surface area contributed by atoms with E-state index in [1.165, 1.54) is 10.4 Å². The van der Waals surface area contributed by atoms with E-state index in [0.717, 1.165) is 0 Å². The minimum absolute atomic E-state index is 0.0273. The number of carbonyl (C=O) groups excluding carboxylic acids is 3. The molecule has 24 heavy (non-hydrogen) atoms. The highest BCUT2D eigenvalue weighted by Crippen LogP contribution is 2.23. The van der Waals surface area contributed by atoms with Crippen LogP contribution in [0.25, 0.3) is 0 Å². The van der Waals surface area contributed by atoms with Gasteiger partial charge in [-0.1, -0.05) is 34.6 Å². The van der Waals surface area contributed by atoms with E-state index in [2.05, 4.69) is 5.32 Å². The molecule has 0 aromatic heterocycles. The SMILES string of the molecule is CC(C)C[C@H](C(=O)NC(C(=O)N(C)C)C(C)(C)C)C(O)C(=O)NO. The highest BCUT2D eigenvalue weighted by Gasteiger charge is 2.38. The average Bonchev–Trinajstić information content (AvgIpc) is 2.46. The molecule has 0 bridgehead atoms. The van der Waals surface area contributed by atoms with Crippen LogP contribution in [-0.2, 0) is 14.4 Å². The maximum Gasteiger partial charge on any atom is 0.272 e. The topological polar surface area (TPSA) is 119 Å². The van der Waals surface area contributed by atoms with Crippen LogP contribution in [0.5, 0.6) is 0 Å². The molecule has 2 unspecified atom stereocenters. The Morgan fingerprint density at radius 1 is 1.08 bits per heavy atom. The average molecular weight is 345 g/mol. The normalized spacial score (nSPS) is 15.4. The predicted molar refractivity (Wildman–Crippen MR) is 89.0 cm³/mol. The highest BCUT2D eigenvalue weighted by molar-refractivity contribution is 5.92. The molecular weight excluding hydrogens is 314 g/mol. The van der Waals surface area contributed by atoms with Crippen molar-refractivity contribution >= 4 is 17.7 Å². The largest absolute Gasteiger partial charge is 0.382 e. The van der Waals surface area contributed by atoms with Gasteiger partial charge in [-0.2, -0.15) is 0 Å². The van der Waals surface area contributed by atoms with Crippen LogP contribution in [-0.4, -0.2) is 59.2 Å². The smallest absolute Gasteiger partial charge is 0.272 e. The van der Waals surface area contributed by atoms with Gasteiger partial charge in [0.25, 0.3) is 5.91 Å². The van der Waals surface area contributed by atoms with Gasteiger partial charge in [-0.3, -0.25) is 19.6 Å². The molecule has 4 N–H and O–H groups in total. The van der Waals surface area contributed by atoms with Crippen LogP contribution in [0.3, 0.4) is 0 Å². The highest BCUT2D eigenvalue weighted by atomic mass is 16.5. The Hall–Kier alpha value is -1.67. The number of hydrogen-bond donors (Lipinski definition) is 4. The molecule has 3 amide bonds. The molecule has 8 nitrogen and oxygen atoms in total. The van der Waals surface area contributed by atoms with Gasteiger partial charge >= 0.3 is 0 Å². The number of amides is 3. The van der Waals surface area contributed by atoms with Gasteiger partial charge in [0.15, 0.2) is 0 Å². The van der Waals surface area contributed by atoms with Crippen LogP contribution in [0.2, 0.25) is 0 Å². The Morgan fingerprint density at radius 3 is 1.92 bits per heavy atom. The van der Waals surface area contributed by atoms with Gasteiger partial charge < -0.3 is 15.3 Å². The summed E-state index contributed by atoms with van der Waals surface area (Å²) in [7, 11) is 3.18. The number of hydroxylamine groups is 1. The van der Waals surface area contributed by atoms with Gasteiger partial charge in [0, 0.05) is 14.1 Å². The number of rotatable bonds is 7. The van der Waals surface area contributed by atoms with E-state index < -0.39 is 35.3 Å². The van der Waals surface area contributed by atoms with E-state index in [-0.39, 0.29) is 18.2 Å². The van der Waals surface area contributed by atoms with Crippen molar-refractivity contribution in [2.24, 2.45) is 17.3 Å². The van der Waals surface area contributed by atoms with Crippen LogP contribution in [0.4, 0.5) is 0 Å². The van der Waals surface area contributed by atoms with Gasteiger partial charge in [-0.25, -0.2) is 5.48 Å². The van der Waals surface area contributed by atoms with Crippen molar-refractivity contribution in [3.05, 3.63) is 0 Å². The second-order valence-electron chi connectivity index (χ2n) is 7.70. The van der Waals surface area contributed by atoms with Crippen LogP contribution in [0.1, 0.15) is 41.0 Å². The summed E-state index contributed by atoms with van der Waals surface area (Å²) in [5.41, 5.74) is 0.802. The van der Waals surface area contributed by atoms with Crippen molar-refractivity contribution in [2.45, 2.75) is 53.2 Å². The maximum atomic E-state index is 12.6. The van der Waals surface area contributed by atoms with E-state index in [4.69, 9.17) is 5.21 Å². The zero-order valence-electron chi connectivity index (χ0n) is 15.6. The molecule has 8 heteroatoms. The molecule has 0 saturated heterocycles. The van der Waals surface area contributed by atoms with Gasteiger partial charge in [0.2, 0.25) is 11.8 Å². The Labute approximate surface area is 143 Å². The molecule has 0 aliphatic heterocycles. The third kappa shape index (κ3) is 6.45. The van der Waals surface area contributed by atoms with E-state index in [1.54, 1.807) is 14.1 Å². The number of aliphatic hydroxyl groups is 1. The minimum atomic E-state index is -1.70. The molecule has 0 spiro atoms. The quantitative estimate of drug-likeness (QED) is 0.386. The standard InChI is InChI=1S/C16H31N3O5/c1-9(2)8-10(11(20)14(22)18-24)13(21)17-12(16(3,4)5)15(23)19(6)7/h9-12,20,24H,8H2,1-7H3,(H,17,21)(H,18,22)/t10-,11?,12?/m0/s1. The number of hydrogen-bond acceptors (Lipinski definition) is 5. The van der Waals surface area contributed by atoms with Crippen molar-refractivity contribution in [3.8, 4) is 0 Å². The van der Waals surface area contributed by atoms with Gasteiger partial charge in [0.05, 0.1) is 5.92 Å². The van der Waals surface area contributed by atoms with Crippen molar-refractivity contribution in [1.29, 1.82) is 0 Å². The predicted octanol–water partition coefficient (Wildman–Crippen LogP) is 0.134. The monoisotopic (exact) mass is 345 g/mol.